The van der Waals surface area contributed by atoms with Gasteiger partial charge in [0.15, 0.2) is 0 Å². The van der Waals surface area contributed by atoms with Gasteiger partial charge >= 0.3 is 12.2 Å². The molecule has 0 radical (unpaired) electrons. The molecule has 5 atom stereocenters. The number of anilines is 1. The number of nitrogens with one attached hydrogen (secondary N) is 5. The lowest BCUT2D eigenvalue weighted by atomic mass is 9.76. The Hall–Kier alpha value is -6.80. The first-order valence-corrected chi connectivity index (χ1v) is 28.4. The molecule has 79 heavy (non-hydrogen) atoms. The molecular weight excluding hydrogens is 1030 g/mol. The Bertz CT molecular complexity index is 2690. The normalized spacial score (nSPS) is 14.3. The number of likely N-dealkylation sites (N-methyl/N-ethyl adjacent to an activating group) is 2. The van der Waals surface area contributed by atoms with Crippen LogP contribution in [0.3, 0.4) is 0 Å². The molecule has 7 amide bonds. The number of benzene rings is 3. The minimum absolute atomic E-state index is 0.0157. The second kappa shape index (κ2) is 28.4. The Labute approximate surface area is 469 Å². The van der Waals surface area contributed by atoms with Gasteiger partial charge in [0.2, 0.25) is 33.7 Å². The number of rotatable bonds is 24. The molecule has 3 aromatic rings. The summed E-state index contributed by atoms with van der Waals surface area (Å²) in [5.74, 6) is -3.95. The molecule has 436 valence electrons. The van der Waals surface area contributed by atoms with E-state index in [4.69, 9.17) is 15.2 Å². The van der Waals surface area contributed by atoms with E-state index in [9.17, 15) is 42.0 Å². The number of carbonyl (C=O) groups is 7. The Kier molecular flexibility index (Phi) is 23.9. The number of nitrogens with two attached hydrogens (primary N) is 1. The van der Waals surface area contributed by atoms with Gasteiger partial charge in [-0.3, -0.25) is 28.9 Å². The van der Waals surface area contributed by atoms with Gasteiger partial charge in [0.05, 0.1) is 17.8 Å². The maximum atomic E-state index is 14.7. The van der Waals surface area contributed by atoms with Crippen LogP contribution >= 0.6 is 0 Å². The lowest BCUT2D eigenvalue weighted by Gasteiger charge is -2.42. The van der Waals surface area contributed by atoms with E-state index in [-0.39, 0.29) is 30.9 Å². The van der Waals surface area contributed by atoms with Gasteiger partial charge in [0.1, 0.15) is 29.3 Å². The average Bonchev–Trinajstić information content (AvgIpc) is 3.33. The van der Waals surface area contributed by atoms with Crippen molar-refractivity contribution in [3.05, 3.63) is 113 Å². The van der Waals surface area contributed by atoms with Crippen molar-refractivity contribution in [2.75, 3.05) is 26.0 Å². The summed E-state index contributed by atoms with van der Waals surface area (Å²) in [5, 5.41) is 11.2. The van der Waals surface area contributed by atoms with Gasteiger partial charge in [-0.1, -0.05) is 127 Å². The van der Waals surface area contributed by atoms with Crippen LogP contribution in [0.1, 0.15) is 133 Å². The van der Waals surface area contributed by atoms with E-state index in [0.29, 0.717) is 24.1 Å². The van der Waals surface area contributed by atoms with E-state index >= 15 is 0 Å². The zero-order valence-corrected chi connectivity index (χ0v) is 50.1. The number of amides is 7. The van der Waals surface area contributed by atoms with E-state index in [1.807, 2.05) is 88.4 Å². The first kappa shape index (κ1) is 66.5. The van der Waals surface area contributed by atoms with Crippen LogP contribution in [0.2, 0.25) is 0 Å². The maximum Gasteiger partial charge on any atom is 0.410 e. The highest BCUT2D eigenvalue weighted by Crippen LogP contribution is 2.33. The van der Waals surface area contributed by atoms with Crippen molar-refractivity contribution in [3.8, 4) is 0 Å². The second-order valence-corrected chi connectivity index (χ2v) is 25.8. The van der Waals surface area contributed by atoms with Crippen molar-refractivity contribution in [1.82, 2.24) is 30.5 Å². The van der Waals surface area contributed by atoms with Crippen molar-refractivity contribution in [1.29, 1.82) is 0 Å². The fourth-order valence-electron chi connectivity index (χ4n) is 8.63. The maximum absolute atomic E-state index is 14.7. The third-order valence-corrected chi connectivity index (χ3v) is 14.1. The van der Waals surface area contributed by atoms with E-state index < -0.39 is 110 Å². The molecule has 19 nitrogen and oxygen atoms in total. The second-order valence-electron chi connectivity index (χ2n) is 24.1. The molecule has 5 unspecified atom stereocenters. The number of ether oxygens (including phenoxy) is 2. The molecule has 0 spiro atoms. The highest BCUT2D eigenvalue weighted by atomic mass is 32.2. The summed E-state index contributed by atoms with van der Waals surface area (Å²) >= 11 is 0. The van der Waals surface area contributed by atoms with Gasteiger partial charge < -0.3 is 41.4 Å². The standard InChI is InChI=1S/C59H88N8O11S/c1-38(2)46(66(15)53(72)47(56(4,5)6)64-52(71)48(67(16)55(74)78-58(10,11)12)59(13,14)42-27-21-18-22-28-42)35-39(3)49(68)65-79(75,76)37-41-30-32-43(33-31-41)62-51(70)45(29-23-24-34-61-54(73)77-57(7,8)9)63-50(69)44(60)36-40-25-19-17-20-26-40/h17-22,25-28,30-33,35,38,44-48H,23-24,29,34,36-37,60H2,1-16H3,(H,61,73)(H,62,70)(H,63,69)(H,64,71)(H,65,68). The molecule has 3 rings (SSSR count). The van der Waals surface area contributed by atoms with Crippen LogP contribution in [0, 0.1) is 11.3 Å². The van der Waals surface area contributed by atoms with Crippen molar-refractivity contribution in [2.24, 2.45) is 17.1 Å². The number of sulfonamides is 1. The summed E-state index contributed by atoms with van der Waals surface area (Å²) in [4.78, 5) is 98.2. The predicted octanol–water partition coefficient (Wildman–Crippen LogP) is 7.49. The molecular formula is C59H88N8O11S. The van der Waals surface area contributed by atoms with Crippen LogP contribution in [0.4, 0.5) is 15.3 Å². The lowest BCUT2D eigenvalue weighted by molar-refractivity contribution is -0.141. The molecule has 7 N–H and O–H groups in total. The molecule has 0 bridgehead atoms. The highest BCUT2D eigenvalue weighted by molar-refractivity contribution is 7.89. The fourth-order valence-corrected chi connectivity index (χ4v) is 9.78. The van der Waals surface area contributed by atoms with Crippen LogP contribution in [0.25, 0.3) is 0 Å². The third kappa shape index (κ3) is 21.8. The molecule has 0 aliphatic rings. The van der Waals surface area contributed by atoms with Gasteiger partial charge in [-0.15, -0.1) is 0 Å². The van der Waals surface area contributed by atoms with Gasteiger partial charge in [-0.05, 0) is 114 Å². The number of nitrogens with zero attached hydrogens (tertiary/aromatic N) is 2. The average molecular weight is 1120 g/mol. The molecule has 0 heterocycles. The largest absolute Gasteiger partial charge is 0.444 e. The first-order valence-electron chi connectivity index (χ1n) is 26.7. The van der Waals surface area contributed by atoms with E-state index in [1.165, 1.54) is 54.1 Å². The number of hydrogen-bond acceptors (Lipinski definition) is 12. The van der Waals surface area contributed by atoms with Crippen molar-refractivity contribution in [2.45, 2.75) is 175 Å². The quantitative estimate of drug-likeness (QED) is 0.0376. The summed E-state index contributed by atoms with van der Waals surface area (Å²) in [5.41, 5.74) is 5.14. The first-order chi connectivity index (χ1) is 36.4. The number of unbranched alkanes of at least 4 members (excludes halogenated alkanes) is 1. The van der Waals surface area contributed by atoms with Crippen LogP contribution < -0.4 is 31.7 Å². The molecule has 0 aromatic heterocycles. The molecule has 0 saturated carbocycles. The van der Waals surface area contributed by atoms with Crippen molar-refractivity contribution < 1.29 is 51.5 Å². The SMILES string of the molecule is CC(=CC(C(C)C)N(C)C(=O)C(NC(=O)C(N(C)C(=O)OC(C)(C)C)C(C)(C)c1ccccc1)C(C)(C)C)C(=O)NS(=O)(=O)Cc1ccc(NC(=O)C(CCCCNC(=O)OC(C)(C)C)NC(=O)C(N)Cc2ccccc2)cc1. The molecule has 0 aliphatic heterocycles. The Morgan fingerprint density at radius 2 is 1.24 bits per heavy atom. The van der Waals surface area contributed by atoms with Crippen molar-refractivity contribution >= 4 is 57.4 Å². The minimum atomic E-state index is -4.29. The zero-order chi connectivity index (χ0) is 59.8. The van der Waals surface area contributed by atoms with Crippen LogP contribution in [0.15, 0.2) is 96.6 Å². The summed E-state index contributed by atoms with van der Waals surface area (Å²) < 4.78 is 40.0. The molecule has 0 aliphatic carbocycles. The molecule has 0 fully saturated rings. The molecule has 20 heteroatoms. The fraction of sp³-hybridized carbons (Fsp3) is 0.542. The third-order valence-electron chi connectivity index (χ3n) is 12.9. The Balaban J connectivity index is 1.76. The van der Waals surface area contributed by atoms with E-state index in [2.05, 4.69) is 26.0 Å². The lowest BCUT2D eigenvalue weighted by Crippen LogP contribution is -2.63. The molecule has 3 aromatic carbocycles. The minimum Gasteiger partial charge on any atom is -0.444 e. The summed E-state index contributed by atoms with van der Waals surface area (Å²) in [6.07, 6.45) is 1.59. The predicted molar refractivity (Wildman–Crippen MR) is 308 cm³/mol. The summed E-state index contributed by atoms with van der Waals surface area (Å²) in [6.45, 7) is 24.9. The zero-order valence-electron chi connectivity index (χ0n) is 49.2. The van der Waals surface area contributed by atoms with Crippen molar-refractivity contribution in [3.63, 3.8) is 0 Å². The topological polar surface area (TPSA) is 265 Å². The Morgan fingerprint density at radius 1 is 0.684 bits per heavy atom. The highest BCUT2D eigenvalue weighted by Gasteiger charge is 2.46. The van der Waals surface area contributed by atoms with Gasteiger partial charge in [-0.25, -0.2) is 22.7 Å². The van der Waals surface area contributed by atoms with E-state index in [0.717, 1.165) is 11.1 Å². The smallest absolute Gasteiger partial charge is 0.410 e. The van der Waals surface area contributed by atoms with Gasteiger partial charge in [-0.2, -0.15) is 0 Å². The summed E-state index contributed by atoms with van der Waals surface area (Å²) in [6, 6.07) is 19.5. The number of alkyl carbamates (subject to hydrolysis) is 1. The number of hydrogen-bond donors (Lipinski definition) is 6. The van der Waals surface area contributed by atoms with E-state index in [1.54, 1.807) is 69.4 Å². The summed E-state index contributed by atoms with van der Waals surface area (Å²) in [7, 11) is -1.25. The van der Waals surface area contributed by atoms with Crippen LogP contribution in [-0.2, 0) is 61.1 Å². The van der Waals surface area contributed by atoms with Crippen LogP contribution in [-0.4, -0.2) is 122 Å². The number of carbonyl (C=O) groups excluding carboxylic acids is 7. The van der Waals surface area contributed by atoms with Gasteiger partial charge in [0, 0.05) is 37.3 Å². The van der Waals surface area contributed by atoms with Crippen LogP contribution in [0.5, 0.6) is 0 Å². The Morgan fingerprint density at radius 3 is 1.77 bits per heavy atom. The molecule has 0 saturated heterocycles. The monoisotopic (exact) mass is 1120 g/mol. The van der Waals surface area contributed by atoms with Gasteiger partial charge in [0.25, 0.3) is 5.91 Å².